The van der Waals surface area contributed by atoms with Gasteiger partial charge in [-0.3, -0.25) is 0 Å². The van der Waals surface area contributed by atoms with Crippen LogP contribution in [0.4, 0.5) is 0 Å². The van der Waals surface area contributed by atoms with E-state index in [1.165, 1.54) is 0 Å². The van der Waals surface area contributed by atoms with Gasteiger partial charge in [0.25, 0.3) is 0 Å². The highest BCUT2D eigenvalue weighted by Gasteiger charge is 2.18. The summed E-state index contributed by atoms with van der Waals surface area (Å²) in [4.78, 5) is 4.24. The Hall–Kier alpha value is -2.14. The van der Waals surface area contributed by atoms with Crippen molar-refractivity contribution in [1.82, 2.24) is 20.1 Å². The van der Waals surface area contributed by atoms with E-state index in [-0.39, 0.29) is 0 Å². The van der Waals surface area contributed by atoms with Gasteiger partial charge in [-0.15, -0.1) is 0 Å². The molecule has 0 fully saturated rings. The smallest absolute Gasteiger partial charge is 0.138 e. The van der Waals surface area contributed by atoms with Gasteiger partial charge in [-0.25, -0.2) is 9.67 Å². The lowest BCUT2D eigenvalue weighted by Gasteiger charge is -2.23. The van der Waals surface area contributed by atoms with Gasteiger partial charge in [0.1, 0.15) is 17.9 Å². The van der Waals surface area contributed by atoms with Gasteiger partial charge in [0.2, 0.25) is 0 Å². The normalized spacial score (nSPS) is 17.9. The molecule has 0 amide bonds. The Morgan fingerprint density at radius 3 is 3.24 bits per heavy atom. The van der Waals surface area contributed by atoms with Crippen molar-refractivity contribution in [3.8, 4) is 5.75 Å². The van der Waals surface area contributed by atoms with Crippen LogP contribution < -0.4 is 10.1 Å². The summed E-state index contributed by atoms with van der Waals surface area (Å²) in [5.41, 5.74) is 1.10. The Morgan fingerprint density at radius 1 is 1.43 bits per heavy atom. The molecule has 110 valence electrons. The average molecular weight is 284 g/mol. The van der Waals surface area contributed by atoms with Crippen LogP contribution in [0.15, 0.2) is 36.7 Å². The average Bonchev–Trinajstić information content (AvgIpc) is 2.99. The third-order valence-corrected chi connectivity index (χ3v) is 3.77. The lowest BCUT2D eigenvalue weighted by molar-refractivity contribution is 0.369. The zero-order chi connectivity index (χ0) is 14.5. The van der Waals surface area contributed by atoms with Crippen molar-refractivity contribution in [1.29, 1.82) is 0 Å². The summed E-state index contributed by atoms with van der Waals surface area (Å²) in [5, 5.41) is 7.78. The molecule has 3 rings (SSSR count). The molecular weight excluding hydrogens is 264 g/mol. The number of hydrogen-bond acceptors (Lipinski definition) is 4. The Bertz CT molecular complexity index is 620. The van der Waals surface area contributed by atoms with Crippen molar-refractivity contribution in [2.24, 2.45) is 0 Å². The molecular formula is C16H20N4O. The van der Waals surface area contributed by atoms with Gasteiger partial charge in [-0.1, -0.05) is 30.4 Å². The molecule has 0 saturated carbocycles. The summed E-state index contributed by atoms with van der Waals surface area (Å²) in [7, 11) is 1.70. The number of rotatable bonds is 5. The van der Waals surface area contributed by atoms with Crippen molar-refractivity contribution >= 4 is 6.08 Å². The van der Waals surface area contributed by atoms with Crippen LogP contribution in [-0.2, 0) is 13.0 Å². The van der Waals surface area contributed by atoms with Crippen molar-refractivity contribution in [2.45, 2.75) is 25.4 Å². The number of benzene rings is 1. The molecule has 1 aliphatic rings. The van der Waals surface area contributed by atoms with Crippen molar-refractivity contribution in [3.63, 3.8) is 0 Å². The molecule has 1 N–H and O–H groups in total. The number of ether oxygens (including phenoxy) is 1. The molecule has 0 unspecified atom stereocenters. The SMILES string of the molecule is COc1ccccc1/C=C\CN[C@@H]1CCc2ncnn2C1. The molecule has 0 spiro atoms. The van der Waals surface area contributed by atoms with E-state index in [9.17, 15) is 0 Å². The Kier molecular flexibility index (Phi) is 4.31. The topological polar surface area (TPSA) is 52.0 Å². The molecule has 5 heteroatoms. The third kappa shape index (κ3) is 3.31. The molecule has 2 aromatic rings. The number of nitrogens with zero attached hydrogens (tertiary/aromatic N) is 3. The summed E-state index contributed by atoms with van der Waals surface area (Å²) < 4.78 is 7.32. The first-order valence-electron chi connectivity index (χ1n) is 7.26. The van der Waals surface area contributed by atoms with E-state index in [0.717, 1.165) is 43.1 Å². The maximum atomic E-state index is 5.33. The first kappa shape index (κ1) is 13.8. The van der Waals surface area contributed by atoms with Gasteiger partial charge >= 0.3 is 0 Å². The van der Waals surface area contributed by atoms with Crippen LogP contribution in [0, 0.1) is 0 Å². The predicted molar refractivity (Wildman–Crippen MR) is 82.2 cm³/mol. The first-order valence-corrected chi connectivity index (χ1v) is 7.26. The first-order chi connectivity index (χ1) is 10.4. The monoisotopic (exact) mass is 284 g/mol. The lowest BCUT2D eigenvalue weighted by Crippen LogP contribution is -2.37. The minimum atomic E-state index is 0.460. The number of aryl methyl sites for hydroxylation is 1. The maximum Gasteiger partial charge on any atom is 0.138 e. The Balaban J connectivity index is 1.51. The van der Waals surface area contributed by atoms with Gasteiger partial charge < -0.3 is 10.1 Å². The second-order valence-electron chi connectivity index (χ2n) is 5.15. The number of para-hydroxylation sites is 1. The number of aromatic nitrogens is 3. The molecule has 21 heavy (non-hydrogen) atoms. The van der Waals surface area contributed by atoms with E-state index >= 15 is 0 Å². The minimum Gasteiger partial charge on any atom is -0.496 e. The summed E-state index contributed by atoms with van der Waals surface area (Å²) in [6.45, 7) is 1.74. The van der Waals surface area contributed by atoms with Crippen LogP contribution in [-0.4, -0.2) is 34.5 Å². The summed E-state index contributed by atoms with van der Waals surface area (Å²) in [6, 6.07) is 8.48. The Labute approximate surface area is 124 Å². The highest BCUT2D eigenvalue weighted by atomic mass is 16.5. The van der Waals surface area contributed by atoms with Crippen molar-refractivity contribution in [3.05, 3.63) is 48.1 Å². The van der Waals surface area contributed by atoms with Gasteiger partial charge in [0.15, 0.2) is 0 Å². The van der Waals surface area contributed by atoms with Crippen molar-refractivity contribution in [2.75, 3.05) is 13.7 Å². The van der Waals surface area contributed by atoms with E-state index in [1.807, 2.05) is 22.9 Å². The standard InChI is InChI=1S/C16H20N4O/c1-21-15-7-3-2-5-13(15)6-4-10-17-14-8-9-16-18-12-19-20(16)11-14/h2-7,12,14,17H,8-11H2,1H3/b6-4-/t14-/m1/s1. The summed E-state index contributed by atoms with van der Waals surface area (Å²) >= 11 is 0. The predicted octanol–water partition coefficient (Wildman–Crippen LogP) is 1.90. The number of nitrogens with one attached hydrogen (secondary N) is 1. The largest absolute Gasteiger partial charge is 0.496 e. The molecule has 1 aromatic carbocycles. The minimum absolute atomic E-state index is 0.460. The molecule has 1 aliphatic heterocycles. The molecule has 0 saturated heterocycles. The zero-order valence-corrected chi connectivity index (χ0v) is 12.2. The highest BCUT2D eigenvalue weighted by molar-refractivity contribution is 5.57. The Morgan fingerprint density at radius 2 is 2.33 bits per heavy atom. The fourth-order valence-electron chi connectivity index (χ4n) is 2.63. The molecule has 2 heterocycles. The highest BCUT2D eigenvalue weighted by Crippen LogP contribution is 2.18. The van der Waals surface area contributed by atoms with Gasteiger partial charge in [-0.2, -0.15) is 5.10 Å². The van der Waals surface area contributed by atoms with Crippen LogP contribution in [0.5, 0.6) is 5.75 Å². The zero-order valence-electron chi connectivity index (χ0n) is 12.2. The second kappa shape index (κ2) is 6.54. The summed E-state index contributed by atoms with van der Waals surface area (Å²) in [5.74, 6) is 2.00. The second-order valence-corrected chi connectivity index (χ2v) is 5.15. The molecule has 0 radical (unpaired) electrons. The fraction of sp³-hybridized carbons (Fsp3) is 0.375. The van der Waals surface area contributed by atoms with Crippen LogP contribution >= 0.6 is 0 Å². The van der Waals surface area contributed by atoms with Crippen molar-refractivity contribution < 1.29 is 4.74 Å². The quantitative estimate of drug-likeness (QED) is 0.911. The lowest BCUT2D eigenvalue weighted by atomic mass is 10.1. The van der Waals surface area contributed by atoms with Crippen LogP contribution in [0.1, 0.15) is 17.8 Å². The van der Waals surface area contributed by atoms with Crippen LogP contribution in [0.25, 0.3) is 6.08 Å². The van der Waals surface area contributed by atoms with Gasteiger partial charge in [0.05, 0.1) is 13.7 Å². The van der Waals surface area contributed by atoms with Crippen LogP contribution in [0.3, 0.4) is 0 Å². The van der Waals surface area contributed by atoms with E-state index < -0.39 is 0 Å². The fourth-order valence-corrected chi connectivity index (χ4v) is 2.63. The van der Waals surface area contributed by atoms with E-state index in [2.05, 4.69) is 33.6 Å². The maximum absolute atomic E-state index is 5.33. The third-order valence-electron chi connectivity index (χ3n) is 3.77. The number of methoxy groups -OCH3 is 1. The molecule has 0 aliphatic carbocycles. The van der Waals surface area contributed by atoms with E-state index in [4.69, 9.17) is 4.74 Å². The summed E-state index contributed by atoms with van der Waals surface area (Å²) in [6.07, 6.45) is 7.97. The number of hydrogen-bond donors (Lipinski definition) is 1. The molecule has 1 atom stereocenters. The number of fused-ring (bicyclic) bond motifs is 1. The van der Waals surface area contributed by atoms with Gasteiger partial charge in [-0.05, 0) is 12.5 Å². The molecule has 1 aromatic heterocycles. The molecule has 5 nitrogen and oxygen atoms in total. The van der Waals surface area contributed by atoms with E-state index in [1.54, 1.807) is 13.4 Å². The molecule has 0 bridgehead atoms. The van der Waals surface area contributed by atoms with Gasteiger partial charge in [0, 0.05) is 24.6 Å². The van der Waals surface area contributed by atoms with E-state index in [0.29, 0.717) is 6.04 Å². The van der Waals surface area contributed by atoms with Crippen LogP contribution in [0.2, 0.25) is 0 Å².